The molecule has 1 atom stereocenters. The van der Waals surface area contributed by atoms with Gasteiger partial charge in [0, 0.05) is 18.9 Å². The van der Waals surface area contributed by atoms with Crippen molar-refractivity contribution in [3.05, 3.63) is 24.2 Å². The van der Waals surface area contributed by atoms with Crippen LogP contribution in [0.25, 0.3) is 5.52 Å². The van der Waals surface area contributed by atoms with E-state index >= 15 is 0 Å². The van der Waals surface area contributed by atoms with Crippen molar-refractivity contribution in [2.24, 2.45) is 0 Å². The number of fused-ring (bicyclic) bond motifs is 1. The maximum Gasteiger partial charge on any atom is 0.326 e. The Morgan fingerprint density at radius 3 is 3.17 bits per heavy atom. The molecule has 2 aromatic heterocycles. The molecule has 1 fully saturated rings. The second-order valence-electron chi connectivity index (χ2n) is 4.56. The Morgan fingerprint density at radius 1 is 1.56 bits per heavy atom. The molecule has 0 amide bonds. The molecule has 0 aromatic carbocycles. The third-order valence-corrected chi connectivity index (χ3v) is 3.30. The van der Waals surface area contributed by atoms with Gasteiger partial charge in [0.2, 0.25) is 0 Å². The lowest BCUT2D eigenvalue weighted by Crippen LogP contribution is -2.36. The van der Waals surface area contributed by atoms with Crippen LogP contribution in [0.4, 0.5) is 5.82 Å². The molecule has 0 unspecified atom stereocenters. The van der Waals surface area contributed by atoms with Crippen LogP contribution >= 0.6 is 0 Å². The van der Waals surface area contributed by atoms with Crippen LogP contribution in [0.5, 0.6) is 0 Å². The minimum absolute atomic E-state index is 0.473. The zero-order valence-electron chi connectivity index (χ0n) is 10.1. The Morgan fingerprint density at radius 2 is 2.39 bits per heavy atom. The van der Waals surface area contributed by atoms with Crippen LogP contribution in [-0.2, 0) is 4.79 Å². The average Bonchev–Trinajstić information content (AvgIpc) is 2.92. The summed E-state index contributed by atoms with van der Waals surface area (Å²) in [6, 6.07) is 1.46. The maximum absolute atomic E-state index is 11.2. The standard InChI is InChI=1S/C12H14N4O2/c1-8-7-10-11(13-4-6-16(10)14-8)15-5-2-3-9(15)12(17)18/h4,6-7,9H,2-3,5H2,1H3,(H,17,18)/t9-/m1/s1. The molecule has 0 bridgehead atoms. The molecule has 94 valence electrons. The Hall–Kier alpha value is -2.11. The quantitative estimate of drug-likeness (QED) is 0.859. The van der Waals surface area contributed by atoms with E-state index in [0.29, 0.717) is 12.2 Å². The molecule has 1 aliphatic heterocycles. The summed E-state index contributed by atoms with van der Waals surface area (Å²) in [5.41, 5.74) is 1.76. The predicted octanol–water partition coefficient (Wildman–Crippen LogP) is 1.09. The van der Waals surface area contributed by atoms with Crippen LogP contribution < -0.4 is 4.90 Å². The molecule has 0 saturated carbocycles. The summed E-state index contributed by atoms with van der Waals surface area (Å²) in [4.78, 5) is 17.4. The lowest BCUT2D eigenvalue weighted by molar-refractivity contribution is -0.138. The average molecular weight is 246 g/mol. The van der Waals surface area contributed by atoms with Crippen molar-refractivity contribution in [1.29, 1.82) is 0 Å². The zero-order valence-corrected chi connectivity index (χ0v) is 10.1. The van der Waals surface area contributed by atoms with Crippen LogP contribution in [0.1, 0.15) is 18.5 Å². The van der Waals surface area contributed by atoms with Gasteiger partial charge in [0.15, 0.2) is 5.82 Å². The lowest BCUT2D eigenvalue weighted by atomic mass is 10.2. The van der Waals surface area contributed by atoms with E-state index in [-0.39, 0.29) is 0 Å². The number of rotatable bonds is 2. The molecule has 18 heavy (non-hydrogen) atoms. The molecule has 3 heterocycles. The summed E-state index contributed by atoms with van der Waals surface area (Å²) in [5.74, 6) is -0.0736. The van der Waals surface area contributed by atoms with Gasteiger partial charge in [-0.3, -0.25) is 0 Å². The van der Waals surface area contributed by atoms with Crippen molar-refractivity contribution in [2.45, 2.75) is 25.8 Å². The number of hydrogen-bond acceptors (Lipinski definition) is 4. The number of aromatic nitrogens is 3. The number of carboxylic acid groups (broad SMARTS) is 1. The molecule has 3 rings (SSSR count). The van der Waals surface area contributed by atoms with Crippen LogP contribution in [0.2, 0.25) is 0 Å². The molecule has 0 aliphatic carbocycles. The van der Waals surface area contributed by atoms with E-state index in [1.165, 1.54) is 0 Å². The van der Waals surface area contributed by atoms with E-state index in [0.717, 1.165) is 24.2 Å². The Balaban J connectivity index is 2.11. The van der Waals surface area contributed by atoms with Gasteiger partial charge in [-0.1, -0.05) is 0 Å². The number of carboxylic acids is 1. The Bertz CT molecular complexity index is 607. The smallest absolute Gasteiger partial charge is 0.326 e. The summed E-state index contributed by atoms with van der Waals surface area (Å²) in [6.07, 6.45) is 4.99. The molecule has 6 nitrogen and oxygen atoms in total. The molecular formula is C12H14N4O2. The van der Waals surface area contributed by atoms with Crippen LogP contribution in [0.15, 0.2) is 18.5 Å². The largest absolute Gasteiger partial charge is 0.480 e. The van der Waals surface area contributed by atoms with Crippen LogP contribution in [0.3, 0.4) is 0 Å². The predicted molar refractivity (Wildman–Crippen MR) is 65.7 cm³/mol. The number of carbonyl (C=O) groups is 1. The van der Waals surface area contributed by atoms with Crippen molar-refractivity contribution in [1.82, 2.24) is 14.6 Å². The number of anilines is 1. The summed E-state index contributed by atoms with van der Waals surface area (Å²) in [6.45, 7) is 2.64. The van der Waals surface area contributed by atoms with Gasteiger partial charge in [-0.15, -0.1) is 0 Å². The zero-order chi connectivity index (χ0) is 12.7. The van der Waals surface area contributed by atoms with Crippen molar-refractivity contribution < 1.29 is 9.90 Å². The van der Waals surface area contributed by atoms with Gasteiger partial charge in [0.05, 0.1) is 5.69 Å². The first-order chi connectivity index (χ1) is 8.66. The fourth-order valence-corrected chi connectivity index (χ4v) is 2.53. The number of nitrogens with zero attached hydrogens (tertiary/aromatic N) is 4. The molecule has 0 spiro atoms. The lowest BCUT2D eigenvalue weighted by Gasteiger charge is -2.22. The topological polar surface area (TPSA) is 70.7 Å². The second kappa shape index (κ2) is 3.97. The summed E-state index contributed by atoms with van der Waals surface area (Å²) in [7, 11) is 0. The molecule has 1 aliphatic rings. The highest BCUT2D eigenvalue weighted by atomic mass is 16.4. The van der Waals surface area contributed by atoms with Gasteiger partial charge in [-0.05, 0) is 25.8 Å². The second-order valence-corrected chi connectivity index (χ2v) is 4.56. The molecule has 1 N–H and O–H groups in total. The first kappa shape index (κ1) is 11.0. The van der Waals surface area contributed by atoms with E-state index in [1.807, 2.05) is 17.9 Å². The molecular weight excluding hydrogens is 232 g/mol. The van der Waals surface area contributed by atoms with E-state index in [1.54, 1.807) is 16.9 Å². The van der Waals surface area contributed by atoms with E-state index < -0.39 is 12.0 Å². The SMILES string of the molecule is Cc1cc2c(N3CCC[C@@H]3C(=O)O)nccn2n1. The maximum atomic E-state index is 11.2. The highest BCUT2D eigenvalue weighted by molar-refractivity contribution is 5.81. The molecule has 0 radical (unpaired) electrons. The normalized spacial score (nSPS) is 19.6. The molecule has 1 saturated heterocycles. The Kier molecular flexibility index (Phi) is 2.43. The van der Waals surface area contributed by atoms with E-state index in [9.17, 15) is 9.90 Å². The van der Waals surface area contributed by atoms with Crippen LogP contribution in [-0.4, -0.2) is 38.3 Å². The fraction of sp³-hybridized carbons (Fsp3) is 0.417. The Labute approximate surface area is 104 Å². The van der Waals surface area contributed by atoms with Crippen molar-refractivity contribution in [3.63, 3.8) is 0 Å². The van der Waals surface area contributed by atoms with Gasteiger partial charge in [-0.2, -0.15) is 5.10 Å². The van der Waals surface area contributed by atoms with Gasteiger partial charge in [0.25, 0.3) is 0 Å². The highest BCUT2D eigenvalue weighted by Gasteiger charge is 2.32. The van der Waals surface area contributed by atoms with Gasteiger partial charge in [0.1, 0.15) is 11.6 Å². The van der Waals surface area contributed by atoms with Gasteiger partial charge < -0.3 is 10.0 Å². The van der Waals surface area contributed by atoms with Crippen molar-refractivity contribution >= 4 is 17.3 Å². The number of aryl methyl sites for hydroxylation is 1. The number of hydrogen-bond donors (Lipinski definition) is 1. The fourth-order valence-electron chi connectivity index (χ4n) is 2.53. The van der Waals surface area contributed by atoms with E-state index in [2.05, 4.69) is 10.1 Å². The van der Waals surface area contributed by atoms with Gasteiger partial charge >= 0.3 is 5.97 Å². The minimum atomic E-state index is -0.785. The highest BCUT2D eigenvalue weighted by Crippen LogP contribution is 2.27. The monoisotopic (exact) mass is 246 g/mol. The van der Waals surface area contributed by atoms with Crippen molar-refractivity contribution in [3.8, 4) is 0 Å². The third-order valence-electron chi connectivity index (χ3n) is 3.30. The summed E-state index contributed by atoms with van der Waals surface area (Å²) < 4.78 is 1.74. The van der Waals surface area contributed by atoms with Gasteiger partial charge in [-0.25, -0.2) is 14.3 Å². The number of aliphatic carboxylic acids is 1. The van der Waals surface area contributed by atoms with Crippen LogP contribution in [0, 0.1) is 6.92 Å². The van der Waals surface area contributed by atoms with E-state index in [4.69, 9.17) is 0 Å². The molecule has 6 heteroatoms. The van der Waals surface area contributed by atoms with Crippen molar-refractivity contribution in [2.75, 3.05) is 11.4 Å². The first-order valence-electron chi connectivity index (χ1n) is 5.97. The summed E-state index contributed by atoms with van der Waals surface area (Å²) in [5, 5.41) is 13.5. The minimum Gasteiger partial charge on any atom is -0.480 e. The summed E-state index contributed by atoms with van der Waals surface area (Å²) >= 11 is 0. The third kappa shape index (κ3) is 1.61. The molecule has 2 aromatic rings. The first-order valence-corrected chi connectivity index (χ1v) is 5.97.